The molecule has 0 radical (unpaired) electrons. The Labute approximate surface area is 123 Å². The summed E-state index contributed by atoms with van der Waals surface area (Å²) in [6, 6.07) is 17.1. The van der Waals surface area contributed by atoms with Crippen molar-refractivity contribution in [3.63, 3.8) is 0 Å². The molecule has 2 aromatic rings. The molecule has 0 spiro atoms. The SMILES string of the molecule is CCOc1ccc(/C=C(\C#N)c2cccc(Cl)c2)cc1. The van der Waals surface area contributed by atoms with E-state index in [1.165, 1.54) is 0 Å². The van der Waals surface area contributed by atoms with Gasteiger partial charge in [0.2, 0.25) is 0 Å². The Morgan fingerprint density at radius 3 is 2.60 bits per heavy atom. The Hall–Kier alpha value is -2.24. The smallest absolute Gasteiger partial charge is 0.119 e. The number of nitriles is 1. The van der Waals surface area contributed by atoms with Crippen molar-refractivity contribution in [3.8, 4) is 11.8 Å². The van der Waals surface area contributed by atoms with E-state index in [9.17, 15) is 5.26 Å². The fraction of sp³-hybridized carbons (Fsp3) is 0.118. The third-order valence-corrected chi connectivity index (χ3v) is 2.99. The summed E-state index contributed by atoms with van der Waals surface area (Å²) in [5.41, 5.74) is 2.34. The first-order chi connectivity index (χ1) is 9.72. The van der Waals surface area contributed by atoms with E-state index in [-0.39, 0.29) is 0 Å². The summed E-state index contributed by atoms with van der Waals surface area (Å²) in [4.78, 5) is 0. The van der Waals surface area contributed by atoms with Gasteiger partial charge in [0.25, 0.3) is 0 Å². The number of hydrogen-bond acceptors (Lipinski definition) is 2. The topological polar surface area (TPSA) is 33.0 Å². The Morgan fingerprint density at radius 1 is 1.25 bits per heavy atom. The van der Waals surface area contributed by atoms with Gasteiger partial charge < -0.3 is 4.74 Å². The molecule has 0 saturated carbocycles. The van der Waals surface area contributed by atoms with Crippen LogP contribution in [0.15, 0.2) is 48.5 Å². The first-order valence-corrected chi connectivity index (χ1v) is 6.71. The average molecular weight is 284 g/mol. The second-order valence-corrected chi connectivity index (χ2v) is 4.62. The van der Waals surface area contributed by atoms with Gasteiger partial charge in [-0.3, -0.25) is 0 Å². The van der Waals surface area contributed by atoms with Crippen molar-refractivity contribution in [2.24, 2.45) is 0 Å². The van der Waals surface area contributed by atoms with Crippen molar-refractivity contribution < 1.29 is 4.74 Å². The lowest BCUT2D eigenvalue weighted by Gasteiger charge is -2.03. The van der Waals surface area contributed by atoms with Crippen LogP contribution < -0.4 is 4.74 Å². The molecule has 2 aromatic carbocycles. The van der Waals surface area contributed by atoms with E-state index in [2.05, 4.69) is 6.07 Å². The molecule has 100 valence electrons. The fourth-order valence-corrected chi connectivity index (χ4v) is 2.02. The van der Waals surface area contributed by atoms with Crippen LogP contribution in [-0.2, 0) is 0 Å². The number of allylic oxidation sites excluding steroid dienone is 1. The van der Waals surface area contributed by atoms with Crippen LogP contribution in [0.5, 0.6) is 5.75 Å². The molecule has 0 aliphatic heterocycles. The van der Waals surface area contributed by atoms with Crippen LogP contribution in [-0.4, -0.2) is 6.61 Å². The normalized spacial score (nSPS) is 10.9. The summed E-state index contributed by atoms with van der Waals surface area (Å²) >= 11 is 5.95. The molecule has 2 nitrogen and oxygen atoms in total. The van der Waals surface area contributed by atoms with Gasteiger partial charge in [0.05, 0.1) is 18.2 Å². The summed E-state index contributed by atoms with van der Waals surface area (Å²) in [6.45, 7) is 2.59. The zero-order valence-electron chi connectivity index (χ0n) is 11.1. The molecule has 2 rings (SSSR count). The maximum atomic E-state index is 9.28. The maximum Gasteiger partial charge on any atom is 0.119 e. The summed E-state index contributed by atoms with van der Waals surface area (Å²) in [7, 11) is 0. The number of rotatable bonds is 4. The number of ether oxygens (including phenoxy) is 1. The van der Waals surface area contributed by atoms with Gasteiger partial charge in [-0.2, -0.15) is 5.26 Å². The standard InChI is InChI=1S/C17H14ClNO/c1-2-20-17-8-6-13(7-9-17)10-15(12-19)14-4-3-5-16(18)11-14/h3-11H,2H2,1H3/b15-10+. The minimum absolute atomic E-state index is 0.580. The predicted octanol–water partition coefficient (Wildman–Crippen LogP) is 4.80. The molecule has 3 heteroatoms. The highest BCUT2D eigenvalue weighted by molar-refractivity contribution is 6.30. The highest BCUT2D eigenvalue weighted by Gasteiger charge is 2.02. The lowest BCUT2D eigenvalue weighted by molar-refractivity contribution is 0.340. The maximum absolute atomic E-state index is 9.28. The van der Waals surface area contributed by atoms with E-state index in [0.717, 1.165) is 16.9 Å². The fourth-order valence-electron chi connectivity index (χ4n) is 1.83. The van der Waals surface area contributed by atoms with E-state index >= 15 is 0 Å². The molecule has 0 bridgehead atoms. The first-order valence-electron chi connectivity index (χ1n) is 6.33. The molecule has 0 heterocycles. The van der Waals surface area contributed by atoms with Gasteiger partial charge in [-0.05, 0) is 48.4 Å². The van der Waals surface area contributed by atoms with Crippen LogP contribution in [0, 0.1) is 11.3 Å². The predicted molar refractivity (Wildman–Crippen MR) is 82.5 cm³/mol. The lowest BCUT2D eigenvalue weighted by Crippen LogP contribution is -1.90. The number of hydrogen-bond donors (Lipinski definition) is 0. The van der Waals surface area contributed by atoms with Crippen molar-refractivity contribution in [1.29, 1.82) is 5.26 Å². The first kappa shape index (κ1) is 14.2. The van der Waals surface area contributed by atoms with Crippen molar-refractivity contribution in [2.45, 2.75) is 6.92 Å². The van der Waals surface area contributed by atoms with Gasteiger partial charge >= 0.3 is 0 Å². The van der Waals surface area contributed by atoms with Crippen LogP contribution in [0.2, 0.25) is 5.02 Å². The minimum Gasteiger partial charge on any atom is -0.494 e. The second-order valence-electron chi connectivity index (χ2n) is 4.18. The zero-order valence-corrected chi connectivity index (χ0v) is 11.9. The molecular formula is C17H14ClNO. The summed E-state index contributed by atoms with van der Waals surface area (Å²) in [5.74, 6) is 0.825. The van der Waals surface area contributed by atoms with E-state index in [4.69, 9.17) is 16.3 Å². The molecule has 20 heavy (non-hydrogen) atoms. The summed E-state index contributed by atoms with van der Waals surface area (Å²) < 4.78 is 5.39. The molecule has 0 aromatic heterocycles. The van der Waals surface area contributed by atoms with Crippen LogP contribution in [0.1, 0.15) is 18.1 Å². The average Bonchev–Trinajstić information content (AvgIpc) is 2.47. The molecule has 0 unspecified atom stereocenters. The van der Waals surface area contributed by atoms with E-state index in [1.807, 2.05) is 49.4 Å². The van der Waals surface area contributed by atoms with Crippen LogP contribution in [0.25, 0.3) is 11.6 Å². The molecule has 0 atom stereocenters. The molecule has 0 amide bonds. The van der Waals surface area contributed by atoms with Gasteiger partial charge in [0, 0.05) is 5.02 Å². The quantitative estimate of drug-likeness (QED) is 0.596. The lowest BCUT2D eigenvalue weighted by atomic mass is 10.0. The van der Waals surface area contributed by atoms with Crippen molar-refractivity contribution in [3.05, 3.63) is 64.7 Å². The van der Waals surface area contributed by atoms with Crippen LogP contribution in [0.4, 0.5) is 0 Å². The van der Waals surface area contributed by atoms with Crippen LogP contribution >= 0.6 is 11.6 Å². The minimum atomic E-state index is 0.580. The Morgan fingerprint density at radius 2 is 2.00 bits per heavy atom. The molecule has 0 aliphatic rings. The molecule has 0 fully saturated rings. The Bertz CT molecular complexity index is 653. The Balaban J connectivity index is 2.29. The largest absolute Gasteiger partial charge is 0.494 e. The second kappa shape index (κ2) is 6.79. The zero-order chi connectivity index (χ0) is 14.4. The summed E-state index contributed by atoms with van der Waals surface area (Å²) in [5, 5.41) is 9.91. The van der Waals surface area contributed by atoms with E-state index in [1.54, 1.807) is 12.1 Å². The molecule has 0 saturated heterocycles. The van der Waals surface area contributed by atoms with E-state index < -0.39 is 0 Å². The number of halogens is 1. The van der Waals surface area contributed by atoms with Crippen molar-refractivity contribution >= 4 is 23.3 Å². The van der Waals surface area contributed by atoms with Crippen molar-refractivity contribution in [1.82, 2.24) is 0 Å². The molecule has 0 N–H and O–H groups in total. The highest BCUT2D eigenvalue weighted by atomic mass is 35.5. The van der Waals surface area contributed by atoms with Gasteiger partial charge in [-0.1, -0.05) is 35.9 Å². The van der Waals surface area contributed by atoms with Crippen LogP contribution in [0.3, 0.4) is 0 Å². The number of benzene rings is 2. The molecule has 0 aliphatic carbocycles. The monoisotopic (exact) mass is 283 g/mol. The third kappa shape index (κ3) is 3.63. The van der Waals surface area contributed by atoms with Gasteiger partial charge in [0.15, 0.2) is 0 Å². The van der Waals surface area contributed by atoms with E-state index in [0.29, 0.717) is 17.2 Å². The van der Waals surface area contributed by atoms with Gasteiger partial charge in [-0.25, -0.2) is 0 Å². The molecular weight excluding hydrogens is 270 g/mol. The number of nitrogens with zero attached hydrogens (tertiary/aromatic N) is 1. The van der Waals surface area contributed by atoms with Crippen molar-refractivity contribution in [2.75, 3.05) is 6.61 Å². The third-order valence-electron chi connectivity index (χ3n) is 2.76. The van der Waals surface area contributed by atoms with Gasteiger partial charge in [-0.15, -0.1) is 0 Å². The van der Waals surface area contributed by atoms with Gasteiger partial charge in [0.1, 0.15) is 5.75 Å². The highest BCUT2D eigenvalue weighted by Crippen LogP contribution is 2.22. The summed E-state index contributed by atoms with van der Waals surface area (Å²) in [6.07, 6.45) is 1.83. The Kier molecular flexibility index (Phi) is 4.81.